The molecule has 1 unspecified atom stereocenters. The highest BCUT2D eigenvalue weighted by Gasteiger charge is 2.02. The summed E-state index contributed by atoms with van der Waals surface area (Å²) in [5.41, 5.74) is 6.45. The van der Waals surface area contributed by atoms with E-state index in [1.807, 2.05) is 12.1 Å². The van der Waals surface area contributed by atoms with Crippen LogP contribution in [0.1, 0.15) is 11.7 Å². The van der Waals surface area contributed by atoms with Gasteiger partial charge in [-0.1, -0.05) is 12.1 Å². The average Bonchev–Trinajstić information content (AvgIpc) is 2.17. The zero-order valence-corrected chi connectivity index (χ0v) is 7.03. The lowest BCUT2D eigenvalue weighted by Gasteiger charge is -2.06. The fraction of sp³-hybridized carbons (Fsp3) is 0.222. The van der Waals surface area contributed by atoms with Crippen LogP contribution in [-0.4, -0.2) is 12.1 Å². The minimum Gasteiger partial charge on any atom is -0.481 e. The molecular weight excluding hydrogens is 152 g/mol. The predicted molar refractivity (Wildman–Crippen MR) is 47.9 cm³/mol. The maximum atomic E-state index is 5.68. The molecule has 0 bridgehead atoms. The Hall–Kier alpha value is -1.35. The molecule has 0 aliphatic rings. The Morgan fingerprint density at radius 1 is 1.67 bits per heavy atom. The largest absolute Gasteiger partial charge is 0.481 e. The maximum Gasteiger partial charge on any atom is 0.213 e. The lowest BCUT2D eigenvalue weighted by molar-refractivity contribution is 0.396. The van der Waals surface area contributed by atoms with E-state index < -0.39 is 0 Å². The van der Waals surface area contributed by atoms with E-state index >= 15 is 0 Å². The average molecular weight is 164 g/mol. The molecule has 1 aromatic heterocycles. The molecule has 0 aromatic carbocycles. The molecule has 0 spiro atoms. The van der Waals surface area contributed by atoms with Crippen molar-refractivity contribution in [2.45, 2.75) is 6.04 Å². The van der Waals surface area contributed by atoms with Crippen LogP contribution in [0.3, 0.4) is 0 Å². The first-order chi connectivity index (χ1) is 5.77. The number of aromatic nitrogens is 1. The van der Waals surface area contributed by atoms with Crippen molar-refractivity contribution in [1.29, 1.82) is 0 Å². The molecule has 0 fully saturated rings. The Kier molecular flexibility index (Phi) is 2.82. The molecule has 1 atom stereocenters. The van der Waals surface area contributed by atoms with Gasteiger partial charge in [-0.3, -0.25) is 0 Å². The van der Waals surface area contributed by atoms with Gasteiger partial charge >= 0.3 is 0 Å². The first-order valence-corrected chi connectivity index (χ1v) is 3.67. The minimum absolute atomic E-state index is 0.222. The van der Waals surface area contributed by atoms with Crippen molar-refractivity contribution in [3.8, 4) is 5.88 Å². The third kappa shape index (κ3) is 1.83. The highest BCUT2D eigenvalue weighted by Crippen LogP contribution is 2.12. The van der Waals surface area contributed by atoms with Gasteiger partial charge in [0.25, 0.3) is 0 Å². The van der Waals surface area contributed by atoms with Crippen LogP contribution in [-0.2, 0) is 0 Å². The lowest BCUT2D eigenvalue weighted by Crippen LogP contribution is -2.08. The second-order valence-corrected chi connectivity index (χ2v) is 2.37. The van der Waals surface area contributed by atoms with E-state index in [1.54, 1.807) is 19.3 Å². The molecule has 3 nitrogen and oxygen atoms in total. The van der Waals surface area contributed by atoms with E-state index in [-0.39, 0.29) is 6.04 Å². The quantitative estimate of drug-likeness (QED) is 0.684. The second kappa shape index (κ2) is 3.88. The van der Waals surface area contributed by atoms with Gasteiger partial charge in [-0.25, -0.2) is 4.98 Å². The molecular formula is C9H12N2O. The molecule has 12 heavy (non-hydrogen) atoms. The van der Waals surface area contributed by atoms with Crippen LogP contribution in [0.15, 0.2) is 30.9 Å². The van der Waals surface area contributed by atoms with Gasteiger partial charge in [0.15, 0.2) is 0 Å². The normalized spacial score (nSPS) is 12.2. The summed E-state index contributed by atoms with van der Waals surface area (Å²) in [5.74, 6) is 0.574. The van der Waals surface area contributed by atoms with E-state index in [0.29, 0.717) is 5.88 Å². The summed E-state index contributed by atoms with van der Waals surface area (Å²) in [7, 11) is 1.57. The SMILES string of the molecule is C=CC(N)c1cccc(OC)n1. The van der Waals surface area contributed by atoms with E-state index in [0.717, 1.165) is 5.69 Å². The smallest absolute Gasteiger partial charge is 0.213 e. The number of ether oxygens (including phenoxy) is 1. The summed E-state index contributed by atoms with van der Waals surface area (Å²) in [4.78, 5) is 4.14. The maximum absolute atomic E-state index is 5.68. The topological polar surface area (TPSA) is 48.1 Å². The van der Waals surface area contributed by atoms with Crippen molar-refractivity contribution in [3.05, 3.63) is 36.5 Å². The Morgan fingerprint density at radius 3 is 3.00 bits per heavy atom. The molecule has 0 aliphatic heterocycles. The molecule has 1 heterocycles. The Morgan fingerprint density at radius 2 is 2.42 bits per heavy atom. The fourth-order valence-electron chi connectivity index (χ4n) is 0.851. The molecule has 64 valence electrons. The Labute approximate surface area is 71.9 Å². The van der Waals surface area contributed by atoms with Crippen LogP contribution in [0.2, 0.25) is 0 Å². The highest BCUT2D eigenvalue weighted by molar-refractivity contribution is 5.20. The van der Waals surface area contributed by atoms with Crippen molar-refractivity contribution in [3.63, 3.8) is 0 Å². The molecule has 3 heteroatoms. The summed E-state index contributed by atoms with van der Waals surface area (Å²) in [6, 6.07) is 5.25. The van der Waals surface area contributed by atoms with E-state index in [9.17, 15) is 0 Å². The van der Waals surface area contributed by atoms with Crippen LogP contribution >= 0.6 is 0 Å². The van der Waals surface area contributed by atoms with Crippen LogP contribution in [0, 0.1) is 0 Å². The fourth-order valence-corrected chi connectivity index (χ4v) is 0.851. The number of methoxy groups -OCH3 is 1. The van der Waals surface area contributed by atoms with Crippen molar-refractivity contribution in [2.24, 2.45) is 5.73 Å². The molecule has 0 radical (unpaired) electrons. The summed E-state index contributed by atoms with van der Waals surface area (Å²) in [5, 5.41) is 0. The van der Waals surface area contributed by atoms with Crippen molar-refractivity contribution in [1.82, 2.24) is 4.98 Å². The molecule has 1 aromatic rings. The monoisotopic (exact) mass is 164 g/mol. The van der Waals surface area contributed by atoms with Gasteiger partial charge in [0.2, 0.25) is 5.88 Å². The van der Waals surface area contributed by atoms with E-state index in [4.69, 9.17) is 10.5 Å². The summed E-state index contributed by atoms with van der Waals surface area (Å²) >= 11 is 0. The van der Waals surface area contributed by atoms with Crippen LogP contribution in [0.25, 0.3) is 0 Å². The number of hydrogen-bond donors (Lipinski definition) is 1. The number of nitrogens with two attached hydrogens (primary N) is 1. The zero-order valence-electron chi connectivity index (χ0n) is 7.03. The standard InChI is InChI=1S/C9H12N2O/c1-3-7(10)8-5-4-6-9(11-8)12-2/h3-7H,1,10H2,2H3. The third-order valence-corrected chi connectivity index (χ3v) is 1.55. The number of nitrogens with zero attached hydrogens (tertiary/aromatic N) is 1. The summed E-state index contributed by atoms with van der Waals surface area (Å²) < 4.78 is 4.95. The third-order valence-electron chi connectivity index (χ3n) is 1.55. The molecule has 0 saturated heterocycles. The molecule has 0 saturated carbocycles. The molecule has 2 N–H and O–H groups in total. The van der Waals surface area contributed by atoms with Gasteiger partial charge < -0.3 is 10.5 Å². The van der Waals surface area contributed by atoms with Crippen LogP contribution < -0.4 is 10.5 Å². The molecule has 1 rings (SSSR count). The first-order valence-electron chi connectivity index (χ1n) is 3.67. The number of hydrogen-bond acceptors (Lipinski definition) is 3. The van der Waals surface area contributed by atoms with Crippen molar-refractivity contribution < 1.29 is 4.74 Å². The minimum atomic E-state index is -0.222. The molecule has 0 amide bonds. The second-order valence-electron chi connectivity index (χ2n) is 2.37. The zero-order chi connectivity index (χ0) is 8.97. The van der Waals surface area contributed by atoms with Gasteiger partial charge in [0.05, 0.1) is 18.8 Å². The number of rotatable bonds is 3. The van der Waals surface area contributed by atoms with E-state index in [1.165, 1.54) is 0 Å². The van der Waals surface area contributed by atoms with Gasteiger partial charge in [-0.2, -0.15) is 0 Å². The van der Waals surface area contributed by atoms with Gasteiger partial charge in [0.1, 0.15) is 0 Å². The van der Waals surface area contributed by atoms with Crippen molar-refractivity contribution >= 4 is 0 Å². The van der Waals surface area contributed by atoms with Crippen LogP contribution in [0.5, 0.6) is 5.88 Å². The van der Waals surface area contributed by atoms with Gasteiger partial charge in [-0.15, -0.1) is 6.58 Å². The first kappa shape index (κ1) is 8.74. The molecule has 0 aliphatic carbocycles. The number of pyridine rings is 1. The summed E-state index contributed by atoms with van der Waals surface area (Å²) in [6.45, 7) is 3.59. The van der Waals surface area contributed by atoms with Crippen LogP contribution in [0.4, 0.5) is 0 Å². The lowest BCUT2D eigenvalue weighted by atomic mass is 10.2. The predicted octanol–water partition coefficient (Wildman–Crippen LogP) is 1.28. The Bertz CT molecular complexity index is 273. The van der Waals surface area contributed by atoms with Gasteiger partial charge in [0, 0.05) is 6.07 Å². The van der Waals surface area contributed by atoms with Crippen molar-refractivity contribution in [2.75, 3.05) is 7.11 Å². The van der Waals surface area contributed by atoms with E-state index in [2.05, 4.69) is 11.6 Å². The van der Waals surface area contributed by atoms with Gasteiger partial charge in [-0.05, 0) is 6.07 Å². The summed E-state index contributed by atoms with van der Waals surface area (Å²) in [6.07, 6.45) is 1.64. The highest BCUT2D eigenvalue weighted by atomic mass is 16.5. The Balaban J connectivity index is 2.93.